The SMILES string of the molecule is CCc1[c]cc([N+](=O)[O-])cc1. The van der Waals surface area contributed by atoms with E-state index < -0.39 is 4.92 Å². The topological polar surface area (TPSA) is 43.1 Å². The van der Waals surface area contributed by atoms with Gasteiger partial charge in [-0.2, -0.15) is 0 Å². The summed E-state index contributed by atoms with van der Waals surface area (Å²) in [6.45, 7) is 1.98. The van der Waals surface area contributed by atoms with Crippen molar-refractivity contribution in [3.63, 3.8) is 0 Å². The van der Waals surface area contributed by atoms with E-state index in [4.69, 9.17) is 0 Å². The summed E-state index contributed by atoms with van der Waals surface area (Å²) in [4.78, 5) is 9.77. The van der Waals surface area contributed by atoms with Crippen molar-refractivity contribution in [3.8, 4) is 0 Å². The maximum absolute atomic E-state index is 10.2. The fourth-order valence-electron chi connectivity index (χ4n) is 0.782. The average Bonchev–Trinajstić information content (AvgIpc) is 2.05. The summed E-state index contributed by atoms with van der Waals surface area (Å²) in [5.74, 6) is 0. The summed E-state index contributed by atoms with van der Waals surface area (Å²) in [6, 6.07) is 7.44. The van der Waals surface area contributed by atoms with Crippen LogP contribution in [0.5, 0.6) is 0 Å². The third-order valence-electron chi connectivity index (χ3n) is 1.45. The molecule has 0 saturated heterocycles. The van der Waals surface area contributed by atoms with E-state index >= 15 is 0 Å². The van der Waals surface area contributed by atoms with Crippen LogP contribution in [0.25, 0.3) is 0 Å². The summed E-state index contributed by atoms with van der Waals surface area (Å²) >= 11 is 0. The van der Waals surface area contributed by atoms with Gasteiger partial charge in [-0.3, -0.25) is 10.1 Å². The number of hydrogen-bond donors (Lipinski definition) is 0. The van der Waals surface area contributed by atoms with Crippen LogP contribution in [0.4, 0.5) is 5.69 Å². The second-order valence-corrected chi connectivity index (χ2v) is 2.18. The van der Waals surface area contributed by atoms with Crippen molar-refractivity contribution in [1.29, 1.82) is 0 Å². The van der Waals surface area contributed by atoms with Gasteiger partial charge < -0.3 is 0 Å². The molecule has 0 atom stereocenters. The lowest BCUT2D eigenvalue weighted by Crippen LogP contribution is -1.88. The molecule has 57 valence electrons. The number of non-ortho nitro benzene ring substituents is 1. The van der Waals surface area contributed by atoms with Gasteiger partial charge in [0.05, 0.1) is 4.92 Å². The highest BCUT2D eigenvalue weighted by Crippen LogP contribution is 2.10. The van der Waals surface area contributed by atoms with Crippen molar-refractivity contribution in [1.82, 2.24) is 0 Å². The Morgan fingerprint density at radius 2 is 2.36 bits per heavy atom. The molecule has 0 unspecified atom stereocenters. The molecule has 0 spiro atoms. The van der Waals surface area contributed by atoms with Crippen LogP contribution in [0.15, 0.2) is 18.2 Å². The minimum Gasteiger partial charge on any atom is -0.258 e. The third-order valence-corrected chi connectivity index (χ3v) is 1.45. The van der Waals surface area contributed by atoms with E-state index in [0.29, 0.717) is 0 Å². The summed E-state index contributed by atoms with van der Waals surface area (Å²) < 4.78 is 0. The molecule has 1 aromatic carbocycles. The van der Waals surface area contributed by atoms with Gasteiger partial charge in [0.25, 0.3) is 5.69 Å². The zero-order valence-electron chi connectivity index (χ0n) is 6.20. The van der Waals surface area contributed by atoms with Gasteiger partial charge in [-0.05, 0) is 18.1 Å². The molecule has 1 aromatic rings. The molecule has 3 heteroatoms. The first-order valence-electron chi connectivity index (χ1n) is 3.39. The van der Waals surface area contributed by atoms with Crippen molar-refractivity contribution in [2.75, 3.05) is 0 Å². The zero-order chi connectivity index (χ0) is 8.27. The lowest BCUT2D eigenvalue weighted by Gasteiger charge is -1.93. The molecule has 0 aromatic heterocycles. The van der Waals surface area contributed by atoms with Crippen LogP contribution in [0.3, 0.4) is 0 Å². The molecule has 0 fully saturated rings. The molecule has 1 rings (SSSR count). The first kappa shape index (κ1) is 7.72. The minimum absolute atomic E-state index is 0.0993. The van der Waals surface area contributed by atoms with Crippen LogP contribution in [0.2, 0.25) is 0 Å². The van der Waals surface area contributed by atoms with Crippen molar-refractivity contribution < 1.29 is 4.92 Å². The fourth-order valence-corrected chi connectivity index (χ4v) is 0.782. The predicted octanol–water partition coefficient (Wildman–Crippen LogP) is 1.96. The van der Waals surface area contributed by atoms with Crippen molar-refractivity contribution in [2.45, 2.75) is 13.3 Å². The smallest absolute Gasteiger partial charge is 0.258 e. The van der Waals surface area contributed by atoms with Gasteiger partial charge in [-0.25, -0.2) is 0 Å². The lowest BCUT2D eigenvalue weighted by molar-refractivity contribution is -0.384. The Morgan fingerprint density at radius 1 is 1.64 bits per heavy atom. The standard InChI is InChI=1S/C8H8NO2/c1-2-7-3-5-8(6-4-7)9(10)11/h3,5-6H,2H2,1H3. The molecular formula is C8H8NO2. The largest absolute Gasteiger partial charge is 0.270 e. The van der Waals surface area contributed by atoms with E-state index in [1.165, 1.54) is 12.1 Å². The van der Waals surface area contributed by atoms with Crippen molar-refractivity contribution in [2.24, 2.45) is 0 Å². The maximum Gasteiger partial charge on any atom is 0.270 e. The molecule has 0 aliphatic heterocycles. The first-order chi connectivity index (χ1) is 5.24. The molecular weight excluding hydrogens is 142 g/mol. The van der Waals surface area contributed by atoms with Crippen LogP contribution in [-0.2, 0) is 6.42 Å². The van der Waals surface area contributed by atoms with Crippen molar-refractivity contribution in [3.05, 3.63) is 39.9 Å². The number of hydrogen-bond acceptors (Lipinski definition) is 2. The summed E-state index contributed by atoms with van der Waals surface area (Å²) in [5, 5.41) is 10.2. The normalized spacial score (nSPS) is 9.55. The van der Waals surface area contributed by atoms with Gasteiger partial charge in [0, 0.05) is 12.1 Å². The van der Waals surface area contributed by atoms with Gasteiger partial charge in [0.1, 0.15) is 0 Å². The van der Waals surface area contributed by atoms with Gasteiger partial charge in [0.15, 0.2) is 0 Å². The number of nitro groups is 1. The Labute approximate surface area is 64.8 Å². The quantitative estimate of drug-likeness (QED) is 0.477. The number of aryl methyl sites for hydroxylation is 1. The molecule has 0 N–H and O–H groups in total. The van der Waals surface area contributed by atoms with Gasteiger partial charge in [-0.15, -0.1) is 0 Å². The Morgan fingerprint density at radius 3 is 2.73 bits per heavy atom. The van der Waals surface area contributed by atoms with Crippen molar-refractivity contribution >= 4 is 5.69 Å². The Balaban J connectivity index is 2.91. The van der Waals surface area contributed by atoms with E-state index in [-0.39, 0.29) is 5.69 Å². The van der Waals surface area contributed by atoms with Gasteiger partial charge in [-0.1, -0.05) is 13.0 Å². The number of nitro benzene ring substituents is 1. The van der Waals surface area contributed by atoms with E-state index in [1.54, 1.807) is 6.07 Å². The Kier molecular flexibility index (Phi) is 2.21. The summed E-state index contributed by atoms with van der Waals surface area (Å²) in [7, 11) is 0. The first-order valence-corrected chi connectivity index (χ1v) is 3.39. The van der Waals surface area contributed by atoms with E-state index in [2.05, 4.69) is 6.07 Å². The molecule has 11 heavy (non-hydrogen) atoms. The molecule has 3 nitrogen and oxygen atoms in total. The summed E-state index contributed by atoms with van der Waals surface area (Å²) in [5.41, 5.74) is 1.10. The highest BCUT2D eigenvalue weighted by molar-refractivity contribution is 5.31. The molecule has 0 bridgehead atoms. The Hall–Kier alpha value is -1.38. The maximum atomic E-state index is 10.2. The van der Waals surface area contributed by atoms with E-state index in [0.717, 1.165) is 12.0 Å². The van der Waals surface area contributed by atoms with Crippen LogP contribution < -0.4 is 0 Å². The van der Waals surface area contributed by atoms with Gasteiger partial charge in [0.2, 0.25) is 0 Å². The molecule has 0 saturated carbocycles. The minimum atomic E-state index is -0.421. The predicted molar refractivity (Wildman–Crippen MR) is 41.3 cm³/mol. The van der Waals surface area contributed by atoms with Crippen LogP contribution in [0.1, 0.15) is 12.5 Å². The second kappa shape index (κ2) is 3.14. The zero-order valence-corrected chi connectivity index (χ0v) is 6.20. The molecule has 1 radical (unpaired) electrons. The summed E-state index contributed by atoms with van der Waals surface area (Å²) in [6.07, 6.45) is 0.859. The highest BCUT2D eigenvalue weighted by Gasteiger charge is 2.02. The molecule has 0 aliphatic carbocycles. The number of rotatable bonds is 2. The van der Waals surface area contributed by atoms with Crippen LogP contribution in [-0.4, -0.2) is 4.92 Å². The van der Waals surface area contributed by atoms with E-state index in [1.807, 2.05) is 6.92 Å². The average molecular weight is 150 g/mol. The Bertz CT molecular complexity index is 253. The highest BCUT2D eigenvalue weighted by atomic mass is 16.6. The van der Waals surface area contributed by atoms with Crippen LogP contribution in [0, 0.1) is 16.2 Å². The molecule has 0 heterocycles. The molecule has 0 aliphatic rings. The number of nitrogens with zero attached hydrogens (tertiary/aromatic N) is 1. The van der Waals surface area contributed by atoms with Gasteiger partial charge >= 0.3 is 0 Å². The number of benzene rings is 1. The van der Waals surface area contributed by atoms with Crippen LogP contribution >= 0.6 is 0 Å². The third kappa shape index (κ3) is 1.77. The lowest BCUT2D eigenvalue weighted by atomic mass is 10.2. The second-order valence-electron chi connectivity index (χ2n) is 2.18. The molecule has 0 amide bonds. The van der Waals surface area contributed by atoms with E-state index in [9.17, 15) is 10.1 Å². The monoisotopic (exact) mass is 150 g/mol. The fraction of sp³-hybridized carbons (Fsp3) is 0.250.